The van der Waals surface area contributed by atoms with Crippen molar-refractivity contribution in [2.75, 3.05) is 0 Å². The van der Waals surface area contributed by atoms with E-state index in [0.717, 1.165) is 28.3 Å². The Labute approximate surface area is 105 Å². The number of rotatable bonds is 2. The summed E-state index contributed by atoms with van der Waals surface area (Å²) in [6.07, 6.45) is 2.65. The van der Waals surface area contributed by atoms with Crippen LogP contribution in [0.2, 0.25) is 0 Å². The number of aldehydes is 1. The quantitative estimate of drug-likeness (QED) is 0.631. The van der Waals surface area contributed by atoms with Gasteiger partial charge < -0.3 is 0 Å². The first-order valence-electron chi connectivity index (χ1n) is 5.77. The number of hydrogen-bond donors (Lipinski definition) is 0. The third-order valence-corrected chi connectivity index (χ3v) is 2.96. The van der Waals surface area contributed by atoms with Crippen LogP contribution in [0, 0.1) is 0 Å². The van der Waals surface area contributed by atoms with Crippen molar-refractivity contribution in [1.82, 2.24) is 4.98 Å². The highest BCUT2D eigenvalue weighted by Gasteiger charge is 2.01. The van der Waals surface area contributed by atoms with E-state index in [4.69, 9.17) is 0 Å². The third kappa shape index (κ3) is 1.89. The number of carbonyl (C=O) groups is 1. The van der Waals surface area contributed by atoms with Crippen molar-refractivity contribution < 1.29 is 4.79 Å². The predicted octanol–water partition coefficient (Wildman–Crippen LogP) is 3.71. The van der Waals surface area contributed by atoms with Crippen molar-refractivity contribution in [3.05, 3.63) is 66.4 Å². The van der Waals surface area contributed by atoms with E-state index in [1.807, 2.05) is 42.5 Å². The number of benzene rings is 2. The zero-order chi connectivity index (χ0) is 12.4. The molecule has 2 aromatic carbocycles. The number of pyridine rings is 1. The van der Waals surface area contributed by atoms with Crippen LogP contribution in [0.25, 0.3) is 22.0 Å². The van der Waals surface area contributed by atoms with Gasteiger partial charge in [0.25, 0.3) is 0 Å². The molecular formula is C16H11NO. The van der Waals surface area contributed by atoms with Crippen LogP contribution in [-0.4, -0.2) is 11.3 Å². The molecule has 18 heavy (non-hydrogen) atoms. The van der Waals surface area contributed by atoms with Gasteiger partial charge in [0.05, 0.1) is 5.52 Å². The molecule has 3 rings (SSSR count). The molecule has 0 aliphatic rings. The fraction of sp³-hybridized carbons (Fsp3) is 0. The van der Waals surface area contributed by atoms with Gasteiger partial charge in [0.15, 0.2) is 0 Å². The monoisotopic (exact) mass is 233 g/mol. The van der Waals surface area contributed by atoms with Crippen molar-refractivity contribution in [1.29, 1.82) is 0 Å². The van der Waals surface area contributed by atoms with E-state index < -0.39 is 0 Å². The van der Waals surface area contributed by atoms with Crippen molar-refractivity contribution in [2.24, 2.45) is 0 Å². The smallest absolute Gasteiger partial charge is 0.150 e. The fourth-order valence-electron chi connectivity index (χ4n) is 2.05. The maximum atomic E-state index is 10.8. The molecular weight excluding hydrogens is 222 g/mol. The summed E-state index contributed by atoms with van der Waals surface area (Å²) >= 11 is 0. The van der Waals surface area contributed by atoms with Crippen molar-refractivity contribution in [2.45, 2.75) is 0 Å². The van der Waals surface area contributed by atoms with E-state index in [0.29, 0.717) is 5.56 Å². The van der Waals surface area contributed by atoms with E-state index in [9.17, 15) is 4.79 Å². The lowest BCUT2D eigenvalue weighted by molar-refractivity contribution is 0.112. The van der Waals surface area contributed by atoms with Crippen molar-refractivity contribution in [3.8, 4) is 11.1 Å². The van der Waals surface area contributed by atoms with Crippen LogP contribution in [0.1, 0.15) is 10.4 Å². The van der Waals surface area contributed by atoms with Gasteiger partial charge >= 0.3 is 0 Å². The summed E-state index contributed by atoms with van der Waals surface area (Å²) in [4.78, 5) is 15.1. The Morgan fingerprint density at radius 1 is 0.889 bits per heavy atom. The Hall–Kier alpha value is -2.48. The zero-order valence-electron chi connectivity index (χ0n) is 9.71. The molecule has 0 aliphatic heterocycles. The highest BCUT2D eigenvalue weighted by Crippen LogP contribution is 2.23. The van der Waals surface area contributed by atoms with Gasteiger partial charge in [-0.1, -0.05) is 30.3 Å². The second-order valence-electron chi connectivity index (χ2n) is 4.15. The maximum absolute atomic E-state index is 10.8. The van der Waals surface area contributed by atoms with Crippen LogP contribution in [0.3, 0.4) is 0 Å². The molecule has 0 radical (unpaired) electrons. The van der Waals surface area contributed by atoms with Crippen molar-refractivity contribution in [3.63, 3.8) is 0 Å². The molecule has 0 fully saturated rings. The number of hydrogen-bond acceptors (Lipinski definition) is 2. The Bertz CT molecular complexity index is 719. The van der Waals surface area contributed by atoms with Gasteiger partial charge in [-0.05, 0) is 35.4 Å². The Kier molecular flexibility index (Phi) is 2.61. The summed E-state index contributed by atoms with van der Waals surface area (Å²) in [6.45, 7) is 0. The molecule has 1 aromatic heterocycles. The summed E-state index contributed by atoms with van der Waals surface area (Å²) in [7, 11) is 0. The summed E-state index contributed by atoms with van der Waals surface area (Å²) in [5.74, 6) is 0. The average molecular weight is 233 g/mol. The molecule has 0 aliphatic carbocycles. The number of aromatic nitrogens is 1. The second-order valence-corrected chi connectivity index (χ2v) is 4.15. The molecule has 0 saturated carbocycles. The highest BCUT2D eigenvalue weighted by atomic mass is 16.1. The lowest BCUT2D eigenvalue weighted by Gasteiger charge is -2.04. The number of nitrogens with zero attached hydrogens (tertiary/aromatic N) is 1. The molecule has 0 bridgehead atoms. The molecule has 0 unspecified atom stereocenters. The molecule has 0 atom stereocenters. The van der Waals surface area contributed by atoms with Crippen LogP contribution in [0.5, 0.6) is 0 Å². The SMILES string of the molecule is O=Cc1cccc(-c2ccc3ncccc3c2)c1. The van der Waals surface area contributed by atoms with E-state index in [1.54, 1.807) is 12.3 Å². The minimum Gasteiger partial charge on any atom is -0.298 e. The highest BCUT2D eigenvalue weighted by molar-refractivity contribution is 5.85. The summed E-state index contributed by atoms with van der Waals surface area (Å²) in [5, 5.41) is 1.10. The van der Waals surface area contributed by atoms with Gasteiger partial charge in [-0.15, -0.1) is 0 Å². The molecule has 2 nitrogen and oxygen atoms in total. The topological polar surface area (TPSA) is 30.0 Å². The van der Waals surface area contributed by atoms with Gasteiger partial charge in [0.1, 0.15) is 6.29 Å². The van der Waals surface area contributed by atoms with Gasteiger partial charge in [0.2, 0.25) is 0 Å². The van der Waals surface area contributed by atoms with Gasteiger partial charge in [-0.2, -0.15) is 0 Å². The predicted molar refractivity (Wildman–Crippen MR) is 72.6 cm³/mol. The minimum absolute atomic E-state index is 0.693. The molecule has 0 amide bonds. The molecule has 0 spiro atoms. The van der Waals surface area contributed by atoms with Gasteiger partial charge in [0, 0.05) is 17.1 Å². The molecule has 2 heteroatoms. The van der Waals surface area contributed by atoms with Crippen molar-refractivity contribution >= 4 is 17.2 Å². The van der Waals surface area contributed by atoms with Gasteiger partial charge in [-0.3, -0.25) is 9.78 Å². The van der Waals surface area contributed by atoms with Crippen LogP contribution < -0.4 is 0 Å². The largest absolute Gasteiger partial charge is 0.298 e. The summed E-state index contributed by atoms with van der Waals surface area (Å²) in [5.41, 5.74) is 3.82. The van der Waals surface area contributed by atoms with E-state index in [1.165, 1.54) is 0 Å². The van der Waals surface area contributed by atoms with E-state index in [2.05, 4.69) is 11.1 Å². The second kappa shape index (κ2) is 4.41. The summed E-state index contributed by atoms with van der Waals surface area (Å²) < 4.78 is 0. The number of carbonyl (C=O) groups excluding carboxylic acids is 1. The first kappa shape index (κ1) is 10.7. The zero-order valence-corrected chi connectivity index (χ0v) is 9.71. The lowest BCUT2D eigenvalue weighted by atomic mass is 10.0. The van der Waals surface area contributed by atoms with Gasteiger partial charge in [-0.25, -0.2) is 0 Å². The van der Waals surface area contributed by atoms with Crippen LogP contribution in [-0.2, 0) is 0 Å². The van der Waals surface area contributed by atoms with Crippen LogP contribution in [0.4, 0.5) is 0 Å². The van der Waals surface area contributed by atoms with E-state index >= 15 is 0 Å². The molecule has 0 saturated heterocycles. The summed E-state index contributed by atoms with van der Waals surface area (Å²) in [6, 6.07) is 17.7. The lowest BCUT2D eigenvalue weighted by Crippen LogP contribution is -1.84. The normalized spacial score (nSPS) is 10.4. The van der Waals surface area contributed by atoms with Crippen LogP contribution >= 0.6 is 0 Å². The molecule has 3 aromatic rings. The van der Waals surface area contributed by atoms with E-state index in [-0.39, 0.29) is 0 Å². The average Bonchev–Trinajstić information content (AvgIpc) is 2.47. The number of fused-ring (bicyclic) bond motifs is 1. The third-order valence-electron chi connectivity index (χ3n) is 2.96. The van der Waals surface area contributed by atoms with Crippen LogP contribution in [0.15, 0.2) is 60.8 Å². The first-order chi connectivity index (χ1) is 8.86. The molecule has 0 N–H and O–H groups in total. The Balaban J connectivity index is 2.15. The Morgan fingerprint density at radius 2 is 1.78 bits per heavy atom. The minimum atomic E-state index is 0.693. The fourth-order valence-corrected chi connectivity index (χ4v) is 2.05. The standard InChI is InChI=1S/C16H11NO/c18-11-12-3-1-4-13(9-12)14-6-7-16-15(10-14)5-2-8-17-16/h1-11H. The Morgan fingerprint density at radius 3 is 2.67 bits per heavy atom. The molecule has 86 valence electrons. The first-order valence-corrected chi connectivity index (χ1v) is 5.77. The maximum Gasteiger partial charge on any atom is 0.150 e. The molecule has 1 heterocycles.